The van der Waals surface area contributed by atoms with E-state index in [0.29, 0.717) is 23.7 Å². The van der Waals surface area contributed by atoms with Crippen molar-refractivity contribution in [3.63, 3.8) is 0 Å². The second kappa shape index (κ2) is 7.18. The van der Waals surface area contributed by atoms with Gasteiger partial charge in [-0.05, 0) is 24.1 Å². The van der Waals surface area contributed by atoms with Gasteiger partial charge < -0.3 is 9.64 Å². The maximum atomic E-state index is 9.15. The van der Waals surface area contributed by atoms with E-state index in [9.17, 15) is 0 Å². The van der Waals surface area contributed by atoms with E-state index in [2.05, 4.69) is 42.1 Å². The molecule has 6 heterocycles. The van der Waals surface area contributed by atoms with Gasteiger partial charge in [-0.1, -0.05) is 6.07 Å². The number of nitrogens with zero attached hydrogens (tertiary/aromatic N) is 6. The predicted octanol–water partition coefficient (Wildman–Crippen LogP) is 2.21. The van der Waals surface area contributed by atoms with E-state index >= 15 is 0 Å². The summed E-state index contributed by atoms with van der Waals surface area (Å²) in [5.41, 5.74) is 3.36. The van der Waals surface area contributed by atoms with Gasteiger partial charge in [0.1, 0.15) is 17.6 Å². The summed E-state index contributed by atoms with van der Waals surface area (Å²) in [6.07, 6.45) is 6.62. The molecule has 8 nitrogen and oxygen atoms in total. The number of hydrogen-bond donors (Lipinski definition) is 1. The van der Waals surface area contributed by atoms with Gasteiger partial charge in [0.2, 0.25) is 5.88 Å². The molecule has 3 fully saturated rings. The Kier molecular flexibility index (Phi) is 4.37. The number of hydrogen-bond acceptors (Lipinski definition) is 7. The molecule has 3 aromatic rings. The Morgan fingerprint density at radius 3 is 2.66 bits per heavy atom. The molecule has 6 rings (SSSR count). The summed E-state index contributed by atoms with van der Waals surface area (Å²) in [6, 6.07) is 11.2. The van der Waals surface area contributed by atoms with E-state index in [4.69, 9.17) is 10.00 Å². The van der Waals surface area contributed by atoms with Crippen molar-refractivity contribution in [2.75, 3.05) is 25.1 Å². The Bertz CT molecular complexity index is 1030. The van der Waals surface area contributed by atoms with Crippen molar-refractivity contribution >= 4 is 5.82 Å². The molecule has 146 valence electrons. The number of aromatic amines is 1. The van der Waals surface area contributed by atoms with Gasteiger partial charge in [0.25, 0.3) is 0 Å². The lowest BCUT2D eigenvalue weighted by Crippen LogP contribution is -2.68. The quantitative estimate of drug-likeness (QED) is 0.717. The number of H-pyrrole nitrogens is 1. The number of anilines is 1. The van der Waals surface area contributed by atoms with Crippen LogP contribution in [0.25, 0.3) is 11.1 Å². The molecule has 0 aliphatic carbocycles. The van der Waals surface area contributed by atoms with Crippen molar-refractivity contribution < 1.29 is 4.74 Å². The van der Waals surface area contributed by atoms with Crippen LogP contribution in [0.2, 0.25) is 0 Å². The van der Waals surface area contributed by atoms with Gasteiger partial charge in [0.15, 0.2) is 0 Å². The summed E-state index contributed by atoms with van der Waals surface area (Å²) in [5.74, 6) is 1.63. The van der Waals surface area contributed by atoms with Crippen molar-refractivity contribution in [2.24, 2.45) is 0 Å². The second-order valence-corrected chi connectivity index (χ2v) is 7.51. The van der Waals surface area contributed by atoms with Crippen LogP contribution in [0.1, 0.15) is 17.7 Å². The van der Waals surface area contributed by atoms with Crippen LogP contribution in [0, 0.1) is 11.3 Å². The highest BCUT2D eigenvalue weighted by atomic mass is 16.5. The number of aromatic nitrogens is 4. The number of rotatable bonds is 5. The van der Waals surface area contributed by atoms with Crippen molar-refractivity contribution in [3.05, 3.63) is 54.1 Å². The first-order valence-electron chi connectivity index (χ1n) is 9.64. The average molecular weight is 387 g/mol. The van der Waals surface area contributed by atoms with Gasteiger partial charge in [0.05, 0.1) is 13.3 Å². The molecule has 2 bridgehead atoms. The topological polar surface area (TPSA) is 94.0 Å². The van der Waals surface area contributed by atoms with Crippen LogP contribution in [-0.4, -0.2) is 57.3 Å². The number of methoxy groups -OCH3 is 1. The number of piperazine rings is 1. The molecule has 0 radical (unpaired) electrons. The molecule has 8 heteroatoms. The van der Waals surface area contributed by atoms with Crippen LogP contribution in [0.4, 0.5) is 5.82 Å². The van der Waals surface area contributed by atoms with Crippen LogP contribution in [0.3, 0.4) is 0 Å². The van der Waals surface area contributed by atoms with Crippen molar-refractivity contribution in [1.82, 2.24) is 25.1 Å². The van der Waals surface area contributed by atoms with Crippen molar-refractivity contribution in [3.8, 4) is 23.1 Å². The molecule has 0 amide bonds. The van der Waals surface area contributed by atoms with Crippen LogP contribution in [0.15, 0.2) is 42.9 Å². The minimum atomic E-state index is 0.461. The zero-order chi connectivity index (χ0) is 19.8. The fourth-order valence-corrected chi connectivity index (χ4v) is 4.29. The van der Waals surface area contributed by atoms with E-state index in [-0.39, 0.29) is 0 Å². The Balaban J connectivity index is 1.24. The standard InChI is InChI=1S/C21H21N7O/c1-29-21-5-2-14(8-24-21)11-28-16-6-17(28)13-27(12-16)20-4-3-15(9-23-20)18-10-25-26-19(18)7-22/h2-5,8-10,16-17H,6,11-13H2,1H3,(H,25,26). The molecular formula is C21H21N7O. The highest BCUT2D eigenvalue weighted by molar-refractivity contribution is 5.68. The van der Waals surface area contributed by atoms with Gasteiger partial charge in [-0.2, -0.15) is 10.4 Å². The van der Waals surface area contributed by atoms with Gasteiger partial charge in [-0.15, -0.1) is 0 Å². The largest absolute Gasteiger partial charge is 0.481 e. The summed E-state index contributed by atoms with van der Waals surface area (Å²) in [5, 5.41) is 15.8. The number of fused-ring (bicyclic) bond motifs is 2. The third kappa shape index (κ3) is 3.19. The lowest BCUT2D eigenvalue weighted by Gasteiger charge is -2.56. The lowest BCUT2D eigenvalue weighted by atomic mass is 9.87. The SMILES string of the molecule is COc1ccc(CN2C3CC2CN(c2ccc(-c4cn[nH]c4C#N)cn2)C3)cn1. The number of nitrogens with one attached hydrogen (secondary N) is 1. The summed E-state index contributed by atoms with van der Waals surface area (Å²) < 4.78 is 5.14. The van der Waals surface area contributed by atoms with Crippen LogP contribution in [-0.2, 0) is 6.54 Å². The van der Waals surface area contributed by atoms with Gasteiger partial charge >= 0.3 is 0 Å². The fraction of sp³-hybridized carbons (Fsp3) is 0.333. The van der Waals surface area contributed by atoms with Gasteiger partial charge in [-0.25, -0.2) is 9.97 Å². The number of nitriles is 1. The first kappa shape index (κ1) is 17.6. The van der Waals surface area contributed by atoms with E-state index in [1.165, 1.54) is 12.0 Å². The molecule has 3 aliphatic heterocycles. The number of pyridine rings is 2. The van der Waals surface area contributed by atoms with Crippen LogP contribution in [0.5, 0.6) is 5.88 Å². The molecule has 0 spiro atoms. The molecule has 3 aromatic heterocycles. The van der Waals surface area contributed by atoms with Crippen LogP contribution >= 0.6 is 0 Å². The third-order valence-electron chi connectivity index (χ3n) is 5.85. The first-order valence-corrected chi connectivity index (χ1v) is 9.64. The second-order valence-electron chi connectivity index (χ2n) is 7.51. The minimum Gasteiger partial charge on any atom is -0.481 e. The van der Waals surface area contributed by atoms with E-state index in [1.54, 1.807) is 13.3 Å². The van der Waals surface area contributed by atoms with E-state index < -0.39 is 0 Å². The Hall–Kier alpha value is -3.44. The van der Waals surface area contributed by atoms with Crippen molar-refractivity contribution in [1.29, 1.82) is 5.26 Å². The minimum absolute atomic E-state index is 0.461. The fourth-order valence-electron chi connectivity index (χ4n) is 4.29. The number of piperidine rings is 1. The lowest BCUT2D eigenvalue weighted by molar-refractivity contribution is -0.00876. The molecular weight excluding hydrogens is 366 g/mol. The smallest absolute Gasteiger partial charge is 0.212 e. The molecule has 0 aromatic carbocycles. The summed E-state index contributed by atoms with van der Waals surface area (Å²) >= 11 is 0. The zero-order valence-electron chi connectivity index (χ0n) is 16.1. The maximum Gasteiger partial charge on any atom is 0.212 e. The Morgan fingerprint density at radius 2 is 2.00 bits per heavy atom. The highest BCUT2D eigenvalue weighted by Crippen LogP contribution is 2.35. The van der Waals surface area contributed by atoms with Crippen molar-refractivity contribution in [2.45, 2.75) is 25.0 Å². The Morgan fingerprint density at radius 1 is 1.14 bits per heavy atom. The molecule has 0 saturated carbocycles. The molecule has 3 saturated heterocycles. The normalized spacial score (nSPS) is 20.8. The molecule has 3 aliphatic rings. The highest BCUT2D eigenvalue weighted by Gasteiger charge is 2.44. The summed E-state index contributed by atoms with van der Waals surface area (Å²) in [4.78, 5) is 13.9. The maximum absolute atomic E-state index is 9.15. The predicted molar refractivity (Wildman–Crippen MR) is 107 cm³/mol. The zero-order valence-corrected chi connectivity index (χ0v) is 16.1. The average Bonchev–Trinajstić information content (AvgIpc) is 3.27. The van der Waals surface area contributed by atoms with Gasteiger partial charge in [0, 0.05) is 61.3 Å². The third-order valence-corrected chi connectivity index (χ3v) is 5.85. The van der Waals surface area contributed by atoms with Crippen LogP contribution < -0.4 is 9.64 Å². The van der Waals surface area contributed by atoms with Gasteiger partial charge in [-0.3, -0.25) is 10.00 Å². The summed E-state index contributed by atoms with van der Waals surface area (Å²) in [7, 11) is 1.63. The molecule has 29 heavy (non-hydrogen) atoms. The monoisotopic (exact) mass is 387 g/mol. The number of ether oxygens (including phenoxy) is 1. The Labute approximate surface area is 168 Å². The molecule has 2 unspecified atom stereocenters. The first-order chi connectivity index (χ1) is 14.2. The molecule has 1 N–H and O–H groups in total. The summed E-state index contributed by atoms with van der Waals surface area (Å²) in [6.45, 7) is 2.87. The van der Waals surface area contributed by atoms with E-state index in [0.717, 1.165) is 36.6 Å². The molecule has 2 atom stereocenters. The van der Waals surface area contributed by atoms with E-state index in [1.807, 2.05) is 30.6 Å².